The molecule has 0 aliphatic carbocycles. The van der Waals surface area contributed by atoms with Gasteiger partial charge in [0.1, 0.15) is 11.3 Å². The molecule has 0 radical (unpaired) electrons. The third kappa shape index (κ3) is 12.3. The fourth-order valence-corrected chi connectivity index (χ4v) is 3.70. The van der Waals surface area contributed by atoms with Crippen molar-refractivity contribution in [2.24, 2.45) is 0 Å². The number of nitrogens with one attached hydrogen (secondary N) is 1. The number of rotatable bonds is 16. The number of carbonyl (C=O) groups is 2. The van der Waals surface area contributed by atoms with Gasteiger partial charge in [0.25, 0.3) is 0 Å². The lowest BCUT2D eigenvalue weighted by Crippen LogP contribution is -2.14. The smallest absolute Gasteiger partial charge is 0.339 e. The average molecular weight is 422 g/mol. The highest BCUT2D eigenvalue weighted by Crippen LogP contribution is 2.21. The molecular formula is C23H35NO4S. The molecule has 0 spiro atoms. The number of phenols is 1. The van der Waals surface area contributed by atoms with E-state index in [2.05, 4.69) is 24.4 Å². The lowest BCUT2D eigenvalue weighted by molar-refractivity contribution is -0.113. The summed E-state index contributed by atoms with van der Waals surface area (Å²) in [6.45, 7) is 2.24. The summed E-state index contributed by atoms with van der Waals surface area (Å²) >= 11 is 1.58. The zero-order chi connectivity index (χ0) is 21.3. The van der Waals surface area contributed by atoms with Crippen LogP contribution in [0.15, 0.2) is 30.4 Å². The molecule has 0 unspecified atom stereocenters. The van der Waals surface area contributed by atoms with Gasteiger partial charge in [-0.05, 0) is 56.1 Å². The second-order valence-electron chi connectivity index (χ2n) is 7.16. The second kappa shape index (κ2) is 15.9. The van der Waals surface area contributed by atoms with Crippen molar-refractivity contribution in [3.8, 4) is 5.75 Å². The number of allylic oxidation sites excluding steroid dienone is 2. The lowest BCUT2D eigenvalue weighted by Gasteiger charge is -2.07. The van der Waals surface area contributed by atoms with Crippen molar-refractivity contribution in [1.29, 1.82) is 0 Å². The molecule has 1 rings (SSSR count). The van der Waals surface area contributed by atoms with E-state index in [1.54, 1.807) is 11.8 Å². The molecule has 6 heteroatoms. The monoisotopic (exact) mass is 421 g/mol. The summed E-state index contributed by atoms with van der Waals surface area (Å²) in [5, 5.41) is 21.1. The van der Waals surface area contributed by atoms with Gasteiger partial charge in [0.2, 0.25) is 5.91 Å². The van der Waals surface area contributed by atoms with E-state index in [0.29, 0.717) is 11.4 Å². The zero-order valence-corrected chi connectivity index (χ0v) is 18.3. The predicted molar refractivity (Wildman–Crippen MR) is 122 cm³/mol. The highest BCUT2D eigenvalue weighted by atomic mass is 32.2. The van der Waals surface area contributed by atoms with E-state index in [9.17, 15) is 14.7 Å². The number of amides is 1. The van der Waals surface area contributed by atoms with Crippen LogP contribution in [0.1, 0.15) is 81.5 Å². The molecule has 1 amide bonds. The van der Waals surface area contributed by atoms with E-state index >= 15 is 0 Å². The Bertz CT molecular complexity index is 646. The van der Waals surface area contributed by atoms with Crippen LogP contribution in [0.4, 0.5) is 5.69 Å². The Morgan fingerprint density at radius 3 is 2.31 bits per heavy atom. The number of hydrogen-bond acceptors (Lipinski definition) is 4. The van der Waals surface area contributed by atoms with Crippen LogP contribution in [-0.4, -0.2) is 33.6 Å². The van der Waals surface area contributed by atoms with Crippen molar-refractivity contribution in [1.82, 2.24) is 0 Å². The molecule has 0 saturated heterocycles. The SMILES string of the molecule is CCCCCCCC=CCCCCCSCC(=O)Nc1ccc(O)c(C(=O)O)c1. The van der Waals surface area contributed by atoms with Crippen LogP contribution in [0.2, 0.25) is 0 Å². The van der Waals surface area contributed by atoms with Crippen molar-refractivity contribution in [3.05, 3.63) is 35.9 Å². The van der Waals surface area contributed by atoms with E-state index in [1.807, 2.05) is 0 Å². The molecule has 0 heterocycles. The van der Waals surface area contributed by atoms with Gasteiger partial charge in [0.15, 0.2) is 0 Å². The van der Waals surface area contributed by atoms with Crippen LogP contribution in [0, 0.1) is 0 Å². The van der Waals surface area contributed by atoms with Gasteiger partial charge in [0, 0.05) is 5.69 Å². The largest absolute Gasteiger partial charge is 0.507 e. The van der Waals surface area contributed by atoms with E-state index in [0.717, 1.165) is 25.0 Å². The zero-order valence-electron chi connectivity index (χ0n) is 17.5. The third-order valence-electron chi connectivity index (χ3n) is 4.54. The molecule has 5 nitrogen and oxygen atoms in total. The molecule has 29 heavy (non-hydrogen) atoms. The Labute approximate surface area is 179 Å². The molecular weight excluding hydrogens is 386 g/mol. The van der Waals surface area contributed by atoms with Crippen molar-refractivity contribution in [2.75, 3.05) is 16.8 Å². The maximum atomic E-state index is 11.9. The number of hydrogen-bond donors (Lipinski definition) is 3. The Balaban J connectivity index is 2.03. The Hall–Kier alpha value is -1.95. The molecule has 0 fully saturated rings. The van der Waals surface area contributed by atoms with Crippen LogP contribution < -0.4 is 5.32 Å². The summed E-state index contributed by atoms with van der Waals surface area (Å²) in [4.78, 5) is 22.9. The van der Waals surface area contributed by atoms with Crippen LogP contribution in [0.3, 0.4) is 0 Å². The fraction of sp³-hybridized carbons (Fsp3) is 0.565. The minimum atomic E-state index is -1.23. The molecule has 3 N–H and O–H groups in total. The predicted octanol–water partition coefficient (Wildman–Crippen LogP) is 6.24. The molecule has 0 aliphatic rings. The van der Waals surface area contributed by atoms with Crippen LogP contribution in [-0.2, 0) is 4.79 Å². The lowest BCUT2D eigenvalue weighted by atomic mass is 10.1. The number of carboxylic acid groups (broad SMARTS) is 1. The number of anilines is 1. The number of benzene rings is 1. The maximum absolute atomic E-state index is 11.9. The van der Waals surface area contributed by atoms with Gasteiger partial charge in [-0.25, -0.2) is 4.79 Å². The molecule has 0 saturated carbocycles. The standard InChI is InChI=1S/C23H35NO4S/c1-2-3-4-5-6-7-8-9-10-11-12-13-16-29-18-22(26)24-19-14-15-21(25)20(17-19)23(27)28/h8-9,14-15,17,25H,2-7,10-13,16,18H2,1H3,(H,24,26)(H,27,28). The molecule has 0 aliphatic heterocycles. The normalized spacial score (nSPS) is 11.1. The molecule has 0 aromatic heterocycles. The van der Waals surface area contributed by atoms with Crippen molar-refractivity contribution in [2.45, 2.75) is 71.1 Å². The highest BCUT2D eigenvalue weighted by molar-refractivity contribution is 7.99. The van der Waals surface area contributed by atoms with Gasteiger partial charge in [0.05, 0.1) is 5.75 Å². The van der Waals surface area contributed by atoms with Gasteiger partial charge >= 0.3 is 5.97 Å². The molecule has 1 aromatic carbocycles. The first-order valence-electron chi connectivity index (χ1n) is 10.6. The number of aromatic hydroxyl groups is 1. The third-order valence-corrected chi connectivity index (χ3v) is 5.59. The van der Waals surface area contributed by atoms with E-state index in [-0.39, 0.29) is 17.2 Å². The first-order valence-corrected chi connectivity index (χ1v) is 11.8. The Morgan fingerprint density at radius 2 is 1.66 bits per heavy atom. The number of unbranched alkanes of at least 4 members (excludes halogenated alkanes) is 8. The first kappa shape index (κ1) is 25.1. The van der Waals surface area contributed by atoms with E-state index in [4.69, 9.17) is 5.11 Å². The number of aromatic carboxylic acids is 1. The van der Waals surface area contributed by atoms with Gasteiger partial charge in [-0.15, -0.1) is 0 Å². The van der Waals surface area contributed by atoms with Gasteiger partial charge in [-0.3, -0.25) is 4.79 Å². The molecule has 0 atom stereocenters. The summed E-state index contributed by atoms with van der Waals surface area (Å²) in [5.41, 5.74) is 0.156. The number of carbonyl (C=O) groups excluding carboxylic acids is 1. The number of carboxylic acids is 1. The Kier molecular flexibility index (Phi) is 13.8. The molecule has 0 bridgehead atoms. The minimum absolute atomic E-state index is 0.168. The molecule has 162 valence electrons. The summed E-state index contributed by atoms with van der Waals surface area (Å²) in [7, 11) is 0. The minimum Gasteiger partial charge on any atom is -0.507 e. The van der Waals surface area contributed by atoms with E-state index in [1.165, 1.54) is 63.1 Å². The summed E-state index contributed by atoms with van der Waals surface area (Å²) < 4.78 is 0. The molecule has 1 aromatic rings. The van der Waals surface area contributed by atoms with Crippen molar-refractivity contribution >= 4 is 29.3 Å². The summed E-state index contributed by atoms with van der Waals surface area (Å²) in [6.07, 6.45) is 17.0. The van der Waals surface area contributed by atoms with Crippen LogP contribution in [0.5, 0.6) is 5.75 Å². The van der Waals surface area contributed by atoms with Crippen molar-refractivity contribution in [3.63, 3.8) is 0 Å². The fourth-order valence-electron chi connectivity index (χ4n) is 2.89. The van der Waals surface area contributed by atoms with Gasteiger partial charge in [-0.1, -0.05) is 51.2 Å². The second-order valence-corrected chi connectivity index (χ2v) is 8.27. The van der Waals surface area contributed by atoms with Crippen molar-refractivity contribution < 1.29 is 19.8 Å². The van der Waals surface area contributed by atoms with Crippen LogP contribution >= 0.6 is 11.8 Å². The van der Waals surface area contributed by atoms with Gasteiger partial charge in [-0.2, -0.15) is 11.8 Å². The highest BCUT2D eigenvalue weighted by Gasteiger charge is 2.11. The topological polar surface area (TPSA) is 86.6 Å². The van der Waals surface area contributed by atoms with Gasteiger partial charge < -0.3 is 15.5 Å². The average Bonchev–Trinajstić information content (AvgIpc) is 2.69. The maximum Gasteiger partial charge on any atom is 0.339 e. The Morgan fingerprint density at radius 1 is 1.00 bits per heavy atom. The van der Waals surface area contributed by atoms with Crippen LogP contribution in [0.25, 0.3) is 0 Å². The summed E-state index contributed by atoms with van der Waals surface area (Å²) in [6, 6.07) is 4.02. The quantitative estimate of drug-likeness (QED) is 0.167. The first-order chi connectivity index (χ1) is 14.0. The number of thioether (sulfide) groups is 1. The summed E-state index contributed by atoms with van der Waals surface area (Å²) in [5.74, 6) is -0.438. The van der Waals surface area contributed by atoms with E-state index < -0.39 is 5.97 Å².